The van der Waals surface area contributed by atoms with Crippen molar-refractivity contribution in [2.75, 3.05) is 0 Å². The first-order valence-corrected chi connectivity index (χ1v) is 16.3. The van der Waals surface area contributed by atoms with Crippen LogP contribution in [0.3, 0.4) is 0 Å². The monoisotopic (exact) mass is 534 g/mol. The zero-order valence-corrected chi connectivity index (χ0v) is 25.2. The summed E-state index contributed by atoms with van der Waals surface area (Å²) in [6.07, 6.45) is 37.3. The molecule has 0 aromatic rings. The first kappa shape index (κ1) is 36.4. The molecule has 222 valence electrons. The van der Waals surface area contributed by atoms with Crippen molar-refractivity contribution in [3.63, 3.8) is 0 Å². The van der Waals surface area contributed by atoms with Crippen LogP contribution in [0.5, 0.6) is 0 Å². The Balaban J connectivity index is 3.37. The zero-order valence-electron chi connectivity index (χ0n) is 25.2. The van der Waals surface area contributed by atoms with Crippen LogP contribution in [0.4, 0.5) is 0 Å². The summed E-state index contributed by atoms with van der Waals surface area (Å²) >= 11 is 0. The van der Waals surface area contributed by atoms with Gasteiger partial charge in [0.15, 0.2) is 0 Å². The number of esters is 1. The molecule has 0 fully saturated rings. The molecular weight excluding hydrogens is 472 g/mol. The first-order valence-electron chi connectivity index (χ1n) is 16.3. The lowest BCUT2D eigenvalue weighted by Crippen LogP contribution is -2.14. The molecule has 4 nitrogen and oxygen atoms in total. The quantitative estimate of drug-likeness (QED) is 0.0589. The van der Waals surface area contributed by atoms with Crippen molar-refractivity contribution in [3.8, 4) is 0 Å². The molecule has 0 aromatic heterocycles. The van der Waals surface area contributed by atoms with E-state index in [-0.39, 0.29) is 12.1 Å². The molecule has 0 aliphatic heterocycles. The van der Waals surface area contributed by atoms with Gasteiger partial charge in [0.1, 0.15) is 0 Å². The van der Waals surface area contributed by atoms with E-state index in [2.05, 4.69) is 31.2 Å². The Morgan fingerprint density at radius 3 is 1.58 bits per heavy atom. The lowest BCUT2D eigenvalue weighted by atomic mass is 10.0. The molecule has 1 atom stereocenters. The topological polar surface area (TPSA) is 63.6 Å². The fraction of sp³-hybridized carbons (Fsp3) is 0.824. The number of allylic oxidation sites excluding steroid dienone is 4. The van der Waals surface area contributed by atoms with E-state index in [1.807, 2.05) is 6.92 Å². The highest BCUT2D eigenvalue weighted by molar-refractivity contribution is 5.69. The Morgan fingerprint density at radius 1 is 0.605 bits per heavy atom. The number of carboxylic acids is 1. The third-order valence-corrected chi connectivity index (χ3v) is 7.17. The van der Waals surface area contributed by atoms with Gasteiger partial charge >= 0.3 is 11.9 Å². The van der Waals surface area contributed by atoms with Crippen molar-refractivity contribution in [2.45, 2.75) is 180 Å². The van der Waals surface area contributed by atoms with Gasteiger partial charge in [0.05, 0.1) is 6.10 Å². The molecule has 0 aliphatic rings. The minimum absolute atomic E-state index is 0.0221. The lowest BCUT2D eigenvalue weighted by molar-refractivity contribution is -0.148. The van der Waals surface area contributed by atoms with Crippen molar-refractivity contribution < 1.29 is 19.4 Å². The number of ether oxygens (including phenoxy) is 1. The van der Waals surface area contributed by atoms with Crippen molar-refractivity contribution in [2.24, 2.45) is 0 Å². The molecule has 0 spiro atoms. The van der Waals surface area contributed by atoms with Crippen LogP contribution in [0.25, 0.3) is 0 Å². The van der Waals surface area contributed by atoms with E-state index in [0.29, 0.717) is 12.8 Å². The average Bonchev–Trinajstić information content (AvgIpc) is 2.88. The molecule has 38 heavy (non-hydrogen) atoms. The van der Waals surface area contributed by atoms with E-state index in [4.69, 9.17) is 9.84 Å². The highest BCUT2D eigenvalue weighted by Gasteiger charge is 2.09. The normalized spacial score (nSPS) is 12.5. The second-order valence-corrected chi connectivity index (χ2v) is 11.1. The summed E-state index contributed by atoms with van der Waals surface area (Å²) in [4.78, 5) is 22.5. The van der Waals surface area contributed by atoms with Crippen LogP contribution < -0.4 is 0 Å². The van der Waals surface area contributed by atoms with Crippen LogP contribution in [0.1, 0.15) is 174 Å². The number of hydrogen-bond donors (Lipinski definition) is 1. The highest BCUT2D eigenvalue weighted by atomic mass is 16.5. The molecule has 0 amide bonds. The number of carbonyl (C=O) groups excluding carboxylic acids is 1. The predicted octanol–water partition coefficient (Wildman–Crippen LogP) is 10.9. The molecule has 0 rings (SSSR count). The Labute approximate surface area is 236 Å². The van der Waals surface area contributed by atoms with Gasteiger partial charge in [0.2, 0.25) is 0 Å². The maximum atomic E-state index is 12.1. The van der Waals surface area contributed by atoms with Gasteiger partial charge in [0.25, 0.3) is 0 Å². The SMILES string of the molecule is CCCCC/C=C\C/C=C\CCCCCCCC(=O)OC(C)CCCCCCCCCCCCCC(=O)O. The van der Waals surface area contributed by atoms with Crippen LogP contribution >= 0.6 is 0 Å². The molecule has 0 bridgehead atoms. The summed E-state index contributed by atoms with van der Waals surface area (Å²) in [6.45, 7) is 4.28. The Morgan fingerprint density at radius 2 is 1.05 bits per heavy atom. The predicted molar refractivity (Wildman–Crippen MR) is 163 cm³/mol. The second-order valence-electron chi connectivity index (χ2n) is 11.1. The average molecular weight is 535 g/mol. The molecule has 0 saturated carbocycles. The fourth-order valence-corrected chi connectivity index (χ4v) is 4.72. The van der Waals surface area contributed by atoms with Crippen molar-refractivity contribution >= 4 is 11.9 Å². The number of carbonyl (C=O) groups is 2. The molecule has 0 radical (unpaired) electrons. The van der Waals surface area contributed by atoms with Gasteiger partial charge in [-0.15, -0.1) is 0 Å². The van der Waals surface area contributed by atoms with E-state index in [9.17, 15) is 9.59 Å². The molecular formula is C34H62O4. The standard InChI is InChI=1S/C34H62O4/c1-3-4-5-6-7-8-9-10-11-12-16-19-22-25-28-31-34(37)38-32(2)29-26-23-20-17-14-13-15-18-21-24-27-30-33(35)36/h7-8,10-11,32H,3-6,9,12-31H2,1-2H3,(H,35,36)/b8-7-,11-10-. The van der Waals surface area contributed by atoms with Gasteiger partial charge in [-0.1, -0.05) is 121 Å². The van der Waals surface area contributed by atoms with Crippen LogP contribution in [0.15, 0.2) is 24.3 Å². The molecule has 0 saturated heterocycles. The Bertz CT molecular complexity index is 581. The van der Waals surface area contributed by atoms with E-state index in [0.717, 1.165) is 44.9 Å². The number of rotatable bonds is 29. The minimum Gasteiger partial charge on any atom is -0.481 e. The molecule has 0 aliphatic carbocycles. The van der Waals surface area contributed by atoms with Crippen LogP contribution in [0.2, 0.25) is 0 Å². The van der Waals surface area contributed by atoms with Gasteiger partial charge < -0.3 is 9.84 Å². The maximum absolute atomic E-state index is 12.1. The largest absolute Gasteiger partial charge is 0.481 e. The van der Waals surface area contributed by atoms with Gasteiger partial charge in [-0.05, 0) is 64.7 Å². The number of unbranched alkanes of at least 4 members (excludes halogenated alkanes) is 18. The minimum atomic E-state index is -0.676. The van der Waals surface area contributed by atoms with E-state index < -0.39 is 5.97 Å². The van der Waals surface area contributed by atoms with Crippen LogP contribution in [0, 0.1) is 0 Å². The number of hydrogen-bond acceptors (Lipinski definition) is 3. The third-order valence-electron chi connectivity index (χ3n) is 7.17. The summed E-state index contributed by atoms with van der Waals surface area (Å²) < 4.78 is 5.60. The van der Waals surface area contributed by atoms with Crippen molar-refractivity contribution in [1.29, 1.82) is 0 Å². The lowest BCUT2D eigenvalue weighted by Gasteiger charge is -2.13. The molecule has 1 N–H and O–H groups in total. The summed E-state index contributed by atoms with van der Waals surface area (Å²) in [5, 5.41) is 8.62. The molecule has 0 heterocycles. The van der Waals surface area contributed by atoms with Gasteiger partial charge in [0, 0.05) is 12.8 Å². The first-order chi connectivity index (χ1) is 18.6. The van der Waals surface area contributed by atoms with E-state index in [1.54, 1.807) is 0 Å². The van der Waals surface area contributed by atoms with Crippen molar-refractivity contribution in [1.82, 2.24) is 0 Å². The molecule has 0 aromatic carbocycles. The van der Waals surface area contributed by atoms with Gasteiger partial charge in [-0.3, -0.25) is 9.59 Å². The molecule has 4 heteroatoms. The number of carboxylic acid groups (broad SMARTS) is 1. The van der Waals surface area contributed by atoms with Crippen LogP contribution in [-0.2, 0) is 14.3 Å². The zero-order chi connectivity index (χ0) is 27.9. The van der Waals surface area contributed by atoms with Crippen molar-refractivity contribution in [3.05, 3.63) is 24.3 Å². The maximum Gasteiger partial charge on any atom is 0.306 e. The summed E-state index contributed by atoms with van der Waals surface area (Å²) in [7, 11) is 0. The summed E-state index contributed by atoms with van der Waals surface area (Å²) in [5.74, 6) is -0.698. The Kier molecular flexibility index (Phi) is 28.7. The van der Waals surface area contributed by atoms with E-state index >= 15 is 0 Å². The van der Waals surface area contributed by atoms with E-state index in [1.165, 1.54) is 103 Å². The third kappa shape index (κ3) is 30.6. The summed E-state index contributed by atoms with van der Waals surface area (Å²) in [5.41, 5.74) is 0. The molecule has 1 unspecified atom stereocenters. The summed E-state index contributed by atoms with van der Waals surface area (Å²) in [6, 6.07) is 0. The fourth-order valence-electron chi connectivity index (χ4n) is 4.72. The second kappa shape index (κ2) is 30.0. The number of aliphatic carboxylic acids is 1. The van der Waals surface area contributed by atoms with Gasteiger partial charge in [-0.25, -0.2) is 0 Å². The Hall–Kier alpha value is -1.58. The van der Waals surface area contributed by atoms with Gasteiger partial charge in [-0.2, -0.15) is 0 Å². The highest BCUT2D eigenvalue weighted by Crippen LogP contribution is 2.15. The smallest absolute Gasteiger partial charge is 0.306 e. The van der Waals surface area contributed by atoms with Crippen LogP contribution in [-0.4, -0.2) is 23.1 Å².